The van der Waals surface area contributed by atoms with Crippen LogP contribution in [0.15, 0.2) is 6.07 Å². The number of alkyl halides is 3. The van der Waals surface area contributed by atoms with E-state index in [2.05, 4.69) is 5.10 Å². The summed E-state index contributed by atoms with van der Waals surface area (Å²) in [5.74, 6) is -0.664. The molecule has 1 rings (SSSR count). The van der Waals surface area contributed by atoms with E-state index in [-0.39, 0.29) is 0 Å². The van der Waals surface area contributed by atoms with Gasteiger partial charge in [0.25, 0.3) is 9.70 Å². The predicted octanol–water partition coefficient (Wildman–Crippen LogP) is 2.51. The van der Waals surface area contributed by atoms with Crippen LogP contribution in [0.25, 0.3) is 0 Å². The first-order valence-electron chi connectivity index (χ1n) is 3.47. The van der Waals surface area contributed by atoms with Crippen LogP contribution in [0.1, 0.15) is 16.2 Å². The Labute approximate surface area is 90.6 Å². The Bertz CT molecular complexity index is 340. The Kier molecular flexibility index (Phi) is 2.90. The van der Waals surface area contributed by atoms with Crippen molar-refractivity contribution < 1.29 is 4.79 Å². The highest BCUT2D eigenvalue weighted by molar-refractivity contribution is 6.76. The molecule has 13 heavy (non-hydrogen) atoms. The third-order valence-corrected chi connectivity index (χ3v) is 1.93. The smallest absolute Gasteiger partial charge is 0.268 e. The second kappa shape index (κ2) is 3.48. The van der Waals surface area contributed by atoms with Gasteiger partial charge < -0.3 is 0 Å². The molecule has 0 N–H and O–H groups in total. The third kappa shape index (κ3) is 2.36. The normalized spacial score (nSPS) is 11.8. The molecule has 6 heteroatoms. The molecular formula is C7H7Cl3N2O. The number of halogens is 3. The van der Waals surface area contributed by atoms with E-state index in [0.29, 0.717) is 11.4 Å². The summed E-state index contributed by atoms with van der Waals surface area (Å²) in [6.45, 7) is 3.48. The molecule has 0 atom stereocenters. The molecule has 1 aromatic rings. The van der Waals surface area contributed by atoms with Crippen molar-refractivity contribution >= 4 is 40.7 Å². The third-order valence-electron chi connectivity index (χ3n) is 1.44. The number of nitrogens with zero attached hydrogens (tertiary/aromatic N) is 2. The Hall–Kier alpha value is -0.250. The molecule has 0 spiro atoms. The summed E-state index contributed by atoms with van der Waals surface area (Å²) >= 11 is 16.3. The maximum Gasteiger partial charge on any atom is 0.299 e. The van der Waals surface area contributed by atoms with Gasteiger partial charge in [0.2, 0.25) is 0 Å². The number of rotatable bonds is 0. The fourth-order valence-electron chi connectivity index (χ4n) is 0.955. The Morgan fingerprint density at radius 2 is 2.00 bits per heavy atom. The molecule has 0 saturated heterocycles. The van der Waals surface area contributed by atoms with Gasteiger partial charge in [-0.25, -0.2) is 4.68 Å². The van der Waals surface area contributed by atoms with Gasteiger partial charge in [0.1, 0.15) is 0 Å². The number of carbonyl (C=O) groups is 1. The molecule has 0 aromatic carbocycles. The van der Waals surface area contributed by atoms with Crippen molar-refractivity contribution in [3.05, 3.63) is 17.5 Å². The fraction of sp³-hybridized carbons (Fsp3) is 0.429. The molecule has 72 valence electrons. The second-order valence-electron chi connectivity index (χ2n) is 2.64. The van der Waals surface area contributed by atoms with E-state index in [0.717, 1.165) is 4.68 Å². The molecule has 0 aliphatic carbocycles. The van der Waals surface area contributed by atoms with Crippen LogP contribution >= 0.6 is 34.8 Å². The number of aromatic nitrogens is 2. The SMILES string of the molecule is Cc1cc(C)n(C(=O)C(Cl)(Cl)Cl)n1. The number of hydrogen-bond acceptors (Lipinski definition) is 2. The minimum Gasteiger partial charge on any atom is -0.268 e. The van der Waals surface area contributed by atoms with E-state index < -0.39 is 9.70 Å². The number of aryl methyl sites for hydroxylation is 2. The summed E-state index contributed by atoms with van der Waals surface area (Å²) < 4.78 is -0.869. The van der Waals surface area contributed by atoms with Crippen molar-refractivity contribution in [3.8, 4) is 0 Å². The zero-order valence-corrected chi connectivity index (χ0v) is 9.28. The van der Waals surface area contributed by atoms with Crippen molar-refractivity contribution in [3.63, 3.8) is 0 Å². The van der Waals surface area contributed by atoms with Crippen molar-refractivity contribution in [2.45, 2.75) is 17.6 Å². The van der Waals surface area contributed by atoms with Gasteiger partial charge in [-0.05, 0) is 19.9 Å². The van der Waals surface area contributed by atoms with Gasteiger partial charge in [-0.1, -0.05) is 34.8 Å². The van der Waals surface area contributed by atoms with Gasteiger partial charge >= 0.3 is 0 Å². The highest BCUT2D eigenvalue weighted by Gasteiger charge is 2.33. The molecule has 0 amide bonds. The quantitative estimate of drug-likeness (QED) is 0.654. The van der Waals surface area contributed by atoms with Gasteiger partial charge in [-0.15, -0.1) is 0 Å². The summed E-state index contributed by atoms with van der Waals surface area (Å²) in [7, 11) is 0. The minimum absolute atomic E-state index is 0.647. The van der Waals surface area contributed by atoms with Gasteiger partial charge in [-0.2, -0.15) is 5.10 Å². The van der Waals surface area contributed by atoms with Crippen molar-refractivity contribution in [2.75, 3.05) is 0 Å². The van der Waals surface area contributed by atoms with Gasteiger partial charge in [-0.3, -0.25) is 4.79 Å². The predicted molar refractivity (Wildman–Crippen MR) is 52.6 cm³/mol. The monoisotopic (exact) mass is 240 g/mol. The molecule has 3 nitrogen and oxygen atoms in total. The maximum absolute atomic E-state index is 11.4. The van der Waals surface area contributed by atoms with Crippen LogP contribution in [0.4, 0.5) is 0 Å². The summed E-state index contributed by atoms with van der Waals surface area (Å²) in [4.78, 5) is 11.4. The molecule has 1 aromatic heterocycles. The van der Waals surface area contributed by atoms with E-state index in [1.165, 1.54) is 0 Å². The van der Waals surface area contributed by atoms with Gasteiger partial charge in [0.05, 0.1) is 5.69 Å². The van der Waals surface area contributed by atoms with Crippen molar-refractivity contribution in [2.24, 2.45) is 0 Å². The molecule has 0 unspecified atom stereocenters. The largest absolute Gasteiger partial charge is 0.299 e. The van der Waals surface area contributed by atoms with E-state index >= 15 is 0 Å². The number of carbonyl (C=O) groups excluding carboxylic acids is 1. The maximum atomic E-state index is 11.4. The van der Waals surface area contributed by atoms with Crippen LogP contribution in [0.5, 0.6) is 0 Å². The highest BCUT2D eigenvalue weighted by Crippen LogP contribution is 2.28. The lowest BCUT2D eigenvalue weighted by atomic mass is 10.4. The lowest BCUT2D eigenvalue weighted by Crippen LogP contribution is -2.27. The highest BCUT2D eigenvalue weighted by atomic mass is 35.6. The Morgan fingerprint density at radius 1 is 1.46 bits per heavy atom. The van der Waals surface area contributed by atoms with Crippen LogP contribution < -0.4 is 0 Å². The Balaban J connectivity index is 3.09. The average Bonchev–Trinajstić information content (AvgIpc) is 2.26. The summed E-state index contributed by atoms with van der Waals surface area (Å²) in [6, 6.07) is 1.73. The zero-order valence-electron chi connectivity index (χ0n) is 7.01. The summed E-state index contributed by atoms with van der Waals surface area (Å²) in [5.41, 5.74) is 1.36. The average molecular weight is 242 g/mol. The first-order chi connectivity index (χ1) is 5.82. The Morgan fingerprint density at radius 3 is 2.31 bits per heavy atom. The lowest BCUT2D eigenvalue weighted by molar-refractivity contribution is 0.0899. The number of hydrogen-bond donors (Lipinski definition) is 0. The zero-order chi connectivity index (χ0) is 10.2. The van der Waals surface area contributed by atoms with Crippen LogP contribution in [0.2, 0.25) is 0 Å². The van der Waals surface area contributed by atoms with E-state index in [1.54, 1.807) is 19.9 Å². The van der Waals surface area contributed by atoms with Crippen molar-refractivity contribution in [1.29, 1.82) is 0 Å². The second-order valence-corrected chi connectivity index (χ2v) is 4.92. The summed E-state index contributed by atoms with van der Waals surface area (Å²) in [5, 5.41) is 3.89. The molecular weight excluding hydrogens is 234 g/mol. The van der Waals surface area contributed by atoms with Gasteiger partial charge in [0, 0.05) is 5.69 Å². The first kappa shape index (κ1) is 10.8. The van der Waals surface area contributed by atoms with E-state index in [9.17, 15) is 4.79 Å². The van der Waals surface area contributed by atoms with E-state index in [4.69, 9.17) is 34.8 Å². The fourth-order valence-corrected chi connectivity index (χ4v) is 1.19. The molecule has 0 aliphatic rings. The molecule has 0 bridgehead atoms. The van der Waals surface area contributed by atoms with Crippen molar-refractivity contribution in [1.82, 2.24) is 9.78 Å². The van der Waals surface area contributed by atoms with Gasteiger partial charge in [0.15, 0.2) is 0 Å². The first-order valence-corrected chi connectivity index (χ1v) is 4.60. The van der Waals surface area contributed by atoms with Crippen LogP contribution in [-0.2, 0) is 0 Å². The molecule has 1 heterocycles. The van der Waals surface area contributed by atoms with Crippen LogP contribution in [-0.4, -0.2) is 19.5 Å². The van der Waals surface area contributed by atoms with Crippen LogP contribution in [0.3, 0.4) is 0 Å². The summed E-state index contributed by atoms with van der Waals surface area (Å²) in [6.07, 6.45) is 0. The molecule has 0 saturated carbocycles. The lowest BCUT2D eigenvalue weighted by Gasteiger charge is -2.09. The molecule has 0 radical (unpaired) electrons. The molecule has 0 aliphatic heterocycles. The molecule has 0 fully saturated rings. The standard InChI is InChI=1S/C7H7Cl3N2O/c1-4-3-5(2)12(11-4)6(13)7(8,9)10/h3H,1-2H3. The van der Waals surface area contributed by atoms with E-state index in [1.807, 2.05) is 0 Å². The topological polar surface area (TPSA) is 34.9 Å². The minimum atomic E-state index is -1.96. The van der Waals surface area contributed by atoms with Crippen LogP contribution in [0, 0.1) is 13.8 Å².